The number of rotatable bonds is 5. The fourth-order valence-electron chi connectivity index (χ4n) is 1.62. The molecule has 1 N–H and O–H groups in total. The second kappa shape index (κ2) is 5.49. The Kier molecular flexibility index (Phi) is 4.28. The summed E-state index contributed by atoms with van der Waals surface area (Å²) < 4.78 is 18.4. The smallest absolute Gasteiger partial charge is 0.303 e. The van der Waals surface area contributed by atoms with Crippen LogP contribution in [0.1, 0.15) is 24.0 Å². The zero-order valence-corrected chi connectivity index (χ0v) is 9.42. The van der Waals surface area contributed by atoms with Crippen LogP contribution in [0.4, 0.5) is 4.39 Å². The van der Waals surface area contributed by atoms with E-state index in [-0.39, 0.29) is 12.2 Å². The Labute approximate surface area is 93.9 Å². The van der Waals surface area contributed by atoms with Crippen molar-refractivity contribution in [3.05, 3.63) is 29.1 Å². The molecule has 0 fully saturated rings. The molecule has 0 heterocycles. The summed E-state index contributed by atoms with van der Waals surface area (Å²) in [7, 11) is 1.52. The van der Waals surface area contributed by atoms with Crippen LogP contribution in [-0.2, 0) is 11.2 Å². The maximum Gasteiger partial charge on any atom is 0.303 e. The maximum atomic E-state index is 13.3. The van der Waals surface area contributed by atoms with Gasteiger partial charge in [-0.25, -0.2) is 4.39 Å². The SMILES string of the molecule is COc1ccc(F)c(C)c1CCCC(=O)O. The quantitative estimate of drug-likeness (QED) is 0.839. The third kappa shape index (κ3) is 2.95. The Hall–Kier alpha value is -1.58. The van der Waals surface area contributed by atoms with Gasteiger partial charge < -0.3 is 9.84 Å². The lowest BCUT2D eigenvalue weighted by atomic mass is 10.0. The normalized spacial score (nSPS) is 10.2. The third-order valence-electron chi connectivity index (χ3n) is 2.53. The van der Waals surface area contributed by atoms with Crippen LogP contribution in [0.3, 0.4) is 0 Å². The molecule has 0 aliphatic rings. The summed E-state index contributed by atoms with van der Waals surface area (Å²) in [5, 5.41) is 8.54. The van der Waals surface area contributed by atoms with Gasteiger partial charge in [0.2, 0.25) is 0 Å². The fourth-order valence-corrected chi connectivity index (χ4v) is 1.62. The van der Waals surface area contributed by atoms with E-state index >= 15 is 0 Å². The van der Waals surface area contributed by atoms with E-state index in [4.69, 9.17) is 9.84 Å². The minimum Gasteiger partial charge on any atom is -0.496 e. The number of aliphatic carboxylic acids is 1. The first kappa shape index (κ1) is 12.5. The Balaban J connectivity index is 2.83. The van der Waals surface area contributed by atoms with Gasteiger partial charge in [0.15, 0.2) is 0 Å². The lowest BCUT2D eigenvalue weighted by Crippen LogP contribution is -2.01. The number of hydrogen-bond acceptors (Lipinski definition) is 2. The third-order valence-corrected chi connectivity index (χ3v) is 2.53. The van der Waals surface area contributed by atoms with Crippen LogP contribution >= 0.6 is 0 Å². The van der Waals surface area contributed by atoms with Gasteiger partial charge in [-0.2, -0.15) is 0 Å². The number of benzene rings is 1. The largest absolute Gasteiger partial charge is 0.496 e. The highest BCUT2D eigenvalue weighted by molar-refractivity contribution is 5.66. The second-order valence-electron chi connectivity index (χ2n) is 3.60. The van der Waals surface area contributed by atoms with E-state index in [1.807, 2.05) is 0 Å². The van der Waals surface area contributed by atoms with Crippen molar-refractivity contribution in [2.75, 3.05) is 7.11 Å². The van der Waals surface area contributed by atoms with Crippen molar-refractivity contribution >= 4 is 5.97 Å². The van der Waals surface area contributed by atoms with Crippen molar-refractivity contribution in [2.45, 2.75) is 26.2 Å². The highest BCUT2D eigenvalue weighted by Gasteiger charge is 2.10. The first-order chi connectivity index (χ1) is 7.56. The molecule has 3 nitrogen and oxygen atoms in total. The number of carboxylic acids is 1. The predicted molar refractivity (Wildman–Crippen MR) is 58.3 cm³/mol. The molecule has 88 valence electrons. The molecule has 0 saturated heterocycles. The predicted octanol–water partition coefficient (Wildman–Crippen LogP) is 2.55. The molecule has 0 radical (unpaired) electrons. The summed E-state index contributed by atoms with van der Waals surface area (Å²) in [6, 6.07) is 2.92. The molecule has 0 bridgehead atoms. The zero-order chi connectivity index (χ0) is 12.1. The van der Waals surface area contributed by atoms with Crippen molar-refractivity contribution in [1.82, 2.24) is 0 Å². The van der Waals surface area contributed by atoms with Crippen LogP contribution in [0, 0.1) is 12.7 Å². The number of halogens is 1. The molecular weight excluding hydrogens is 211 g/mol. The summed E-state index contributed by atoms with van der Waals surface area (Å²) in [5.74, 6) is -0.511. The zero-order valence-electron chi connectivity index (χ0n) is 9.42. The van der Waals surface area contributed by atoms with Crippen LogP contribution in [0.2, 0.25) is 0 Å². The van der Waals surface area contributed by atoms with Gasteiger partial charge in [-0.3, -0.25) is 4.79 Å². The highest BCUT2D eigenvalue weighted by atomic mass is 19.1. The van der Waals surface area contributed by atoms with E-state index in [1.54, 1.807) is 13.0 Å². The van der Waals surface area contributed by atoms with Crippen molar-refractivity contribution in [2.24, 2.45) is 0 Å². The fraction of sp³-hybridized carbons (Fsp3) is 0.417. The van der Waals surface area contributed by atoms with Crippen LogP contribution in [-0.4, -0.2) is 18.2 Å². The molecule has 16 heavy (non-hydrogen) atoms. The molecule has 0 amide bonds. The lowest BCUT2D eigenvalue weighted by molar-refractivity contribution is -0.137. The summed E-state index contributed by atoms with van der Waals surface area (Å²) in [4.78, 5) is 10.4. The van der Waals surface area contributed by atoms with Crippen molar-refractivity contribution in [3.8, 4) is 5.75 Å². The summed E-state index contributed by atoms with van der Waals surface area (Å²) in [6.07, 6.45) is 1.08. The molecule has 1 aromatic carbocycles. The molecule has 4 heteroatoms. The number of carbonyl (C=O) groups is 1. The molecule has 0 aliphatic carbocycles. The molecule has 0 aliphatic heterocycles. The summed E-state index contributed by atoms with van der Waals surface area (Å²) >= 11 is 0. The van der Waals surface area contributed by atoms with Crippen molar-refractivity contribution in [3.63, 3.8) is 0 Å². The second-order valence-corrected chi connectivity index (χ2v) is 3.60. The average molecular weight is 226 g/mol. The van der Waals surface area contributed by atoms with Gasteiger partial charge in [0, 0.05) is 6.42 Å². The Bertz CT molecular complexity index is 388. The minimum atomic E-state index is -0.840. The van der Waals surface area contributed by atoms with Gasteiger partial charge in [-0.1, -0.05) is 0 Å². The molecule has 0 atom stereocenters. The Morgan fingerprint density at radius 3 is 2.75 bits per heavy atom. The molecule has 1 aromatic rings. The minimum absolute atomic E-state index is 0.0824. The molecule has 0 aromatic heterocycles. The Morgan fingerprint density at radius 1 is 1.50 bits per heavy atom. The topological polar surface area (TPSA) is 46.5 Å². The van der Waals surface area contributed by atoms with Gasteiger partial charge in [0.25, 0.3) is 0 Å². The summed E-state index contributed by atoms with van der Waals surface area (Å²) in [6.45, 7) is 1.67. The van der Waals surface area contributed by atoms with E-state index in [1.165, 1.54) is 13.2 Å². The van der Waals surface area contributed by atoms with Gasteiger partial charge in [-0.05, 0) is 43.0 Å². The van der Waals surface area contributed by atoms with E-state index in [9.17, 15) is 9.18 Å². The first-order valence-electron chi connectivity index (χ1n) is 5.10. The van der Waals surface area contributed by atoms with Crippen molar-refractivity contribution in [1.29, 1.82) is 0 Å². The molecule has 1 rings (SSSR count). The number of methoxy groups -OCH3 is 1. The van der Waals surface area contributed by atoms with Crippen LogP contribution in [0.25, 0.3) is 0 Å². The molecule has 0 unspecified atom stereocenters. The van der Waals surface area contributed by atoms with Gasteiger partial charge in [0.1, 0.15) is 11.6 Å². The first-order valence-corrected chi connectivity index (χ1v) is 5.10. The molecule has 0 saturated carbocycles. The van der Waals surface area contributed by atoms with E-state index < -0.39 is 5.97 Å². The maximum absolute atomic E-state index is 13.3. The number of hydrogen-bond donors (Lipinski definition) is 1. The van der Waals surface area contributed by atoms with E-state index in [2.05, 4.69) is 0 Å². The van der Waals surface area contributed by atoms with Crippen LogP contribution in [0.15, 0.2) is 12.1 Å². The molecule has 0 spiro atoms. The standard InChI is InChI=1S/C12H15FO3/c1-8-9(4-3-5-12(14)15)11(16-2)7-6-10(8)13/h6-7H,3-5H2,1-2H3,(H,14,15). The Morgan fingerprint density at radius 2 is 2.19 bits per heavy atom. The van der Waals surface area contributed by atoms with Crippen LogP contribution < -0.4 is 4.74 Å². The van der Waals surface area contributed by atoms with Gasteiger partial charge >= 0.3 is 5.97 Å². The van der Waals surface area contributed by atoms with Gasteiger partial charge in [0.05, 0.1) is 7.11 Å². The van der Waals surface area contributed by atoms with E-state index in [0.29, 0.717) is 24.2 Å². The number of ether oxygens (including phenoxy) is 1. The van der Waals surface area contributed by atoms with Crippen LogP contribution in [0.5, 0.6) is 5.75 Å². The van der Waals surface area contributed by atoms with E-state index in [0.717, 1.165) is 5.56 Å². The summed E-state index contributed by atoms with van der Waals surface area (Å²) in [5.41, 5.74) is 1.29. The highest BCUT2D eigenvalue weighted by Crippen LogP contribution is 2.25. The number of carboxylic acid groups (broad SMARTS) is 1. The lowest BCUT2D eigenvalue weighted by Gasteiger charge is -2.11. The van der Waals surface area contributed by atoms with Gasteiger partial charge in [-0.15, -0.1) is 0 Å². The molecular formula is C12H15FO3. The average Bonchev–Trinajstić information content (AvgIpc) is 2.24. The monoisotopic (exact) mass is 226 g/mol. The van der Waals surface area contributed by atoms with Crippen molar-refractivity contribution < 1.29 is 19.0 Å².